The summed E-state index contributed by atoms with van der Waals surface area (Å²) in [4.78, 5) is 6.61. The second kappa shape index (κ2) is 8.07. The Balaban J connectivity index is 1.48. The number of fused-ring (bicyclic) bond motifs is 2. The minimum atomic E-state index is -3.77. The Hall–Kier alpha value is -2.75. The normalized spacial score (nSPS) is 23.0. The van der Waals surface area contributed by atoms with E-state index in [9.17, 15) is 8.42 Å². The van der Waals surface area contributed by atoms with Crippen molar-refractivity contribution in [1.29, 1.82) is 0 Å². The minimum Gasteiger partial charge on any atom is -0.470 e. The van der Waals surface area contributed by atoms with E-state index in [1.165, 1.54) is 0 Å². The lowest BCUT2D eigenvalue weighted by atomic mass is 10.1. The number of aryl methyl sites for hydroxylation is 1. The fraction of sp³-hybridized carbons (Fsp3) is 0.364. The topological polar surface area (TPSA) is 80.6 Å². The van der Waals surface area contributed by atoms with Gasteiger partial charge in [0.1, 0.15) is 11.0 Å². The van der Waals surface area contributed by atoms with E-state index in [4.69, 9.17) is 4.74 Å². The van der Waals surface area contributed by atoms with Gasteiger partial charge in [-0.15, -0.1) is 0 Å². The van der Waals surface area contributed by atoms with Crippen molar-refractivity contribution in [3.8, 4) is 5.88 Å². The number of aromatic nitrogens is 3. The quantitative estimate of drug-likeness (QED) is 0.606. The summed E-state index contributed by atoms with van der Waals surface area (Å²) in [6.45, 7) is 5.07. The Morgan fingerprint density at radius 2 is 1.90 bits per heavy atom. The molecule has 2 aliphatic rings. The highest BCUT2D eigenvalue weighted by Crippen LogP contribution is 2.36. The van der Waals surface area contributed by atoms with Crippen molar-refractivity contribution in [2.75, 3.05) is 13.1 Å². The van der Waals surface area contributed by atoms with Gasteiger partial charge in [-0.25, -0.2) is 13.4 Å². The lowest BCUT2D eigenvalue weighted by Crippen LogP contribution is -2.46. The van der Waals surface area contributed by atoms with Gasteiger partial charge in [-0.3, -0.25) is 9.58 Å². The van der Waals surface area contributed by atoms with Crippen molar-refractivity contribution in [1.82, 2.24) is 24.0 Å². The Kier molecular flexibility index (Phi) is 5.25. The first kappa shape index (κ1) is 20.2. The second-order valence-electron chi connectivity index (χ2n) is 7.96. The monoisotopic (exact) mass is 439 g/mol. The molecule has 2 aliphatic heterocycles. The molecule has 1 saturated heterocycles. The summed E-state index contributed by atoms with van der Waals surface area (Å²) in [5.41, 5.74) is 2.05. The van der Waals surface area contributed by atoms with Crippen LogP contribution in [0.4, 0.5) is 0 Å². The summed E-state index contributed by atoms with van der Waals surface area (Å²) in [5, 5.41) is 4.35. The van der Waals surface area contributed by atoms with E-state index < -0.39 is 10.0 Å². The van der Waals surface area contributed by atoms with E-state index in [0.29, 0.717) is 26.2 Å². The van der Waals surface area contributed by atoms with Gasteiger partial charge in [0.25, 0.3) is 0 Å². The van der Waals surface area contributed by atoms with Gasteiger partial charge in [0, 0.05) is 50.7 Å². The molecule has 31 heavy (non-hydrogen) atoms. The Labute approximate surface area is 182 Å². The first-order chi connectivity index (χ1) is 15.0. The van der Waals surface area contributed by atoms with Crippen LogP contribution in [0.1, 0.15) is 18.1 Å². The van der Waals surface area contributed by atoms with Crippen molar-refractivity contribution in [2.24, 2.45) is 0 Å². The molecule has 2 atom stereocenters. The van der Waals surface area contributed by atoms with Crippen LogP contribution in [0, 0.1) is 0 Å². The van der Waals surface area contributed by atoms with Gasteiger partial charge in [-0.1, -0.05) is 30.3 Å². The first-order valence-corrected chi connectivity index (χ1v) is 11.9. The van der Waals surface area contributed by atoms with Gasteiger partial charge < -0.3 is 4.74 Å². The number of rotatable bonds is 5. The molecule has 0 unspecified atom stereocenters. The molecule has 162 valence electrons. The van der Waals surface area contributed by atoms with Crippen LogP contribution in [0.2, 0.25) is 0 Å². The molecule has 1 fully saturated rings. The Bertz CT molecular complexity index is 1160. The zero-order valence-corrected chi connectivity index (χ0v) is 18.1. The predicted octanol–water partition coefficient (Wildman–Crippen LogP) is 2.13. The van der Waals surface area contributed by atoms with Crippen molar-refractivity contribution in [3.63, 3.8) is 0 Å². The predicted molar refractivity (Wildman–Crippen MR) is 115 cm³/mol. The summed E-state index contributed by atoms with van der Waals surface area (Å²) < 4.78 is 37.0. The third kappa shape index (κ3) is 3.84. The number of sulfonamides is 1. The smallest absolute Gasteiger partial charge is 0.249 e. The number of pyridine rings is 1. The van der Waals surface area contributed by atoms with Crippen molar-refractivity contribution in [2.45, 2.75) is 43.6 Å². The maximum Gasteiger partial charge on any atom is 0.249 e. The maximum atomic E-state index is 13.7. The zero-order valence-electron chi connectivity index (χ0n) is 17.3. The van der Waals surface area contributed by atoms with E-state index in [1.807, 2.05) is 47.4 Å². The molecule has 0 aliphatic carbocycles. The number of likely N-dealkylation sites (tertiary alicyclic amines) is 1. The lowest BCUT2D eigenvalue weighted by molar-refractivity contribution is 0.144. The Morgan fingerprint density at radius 3 is 2.68 bits per heavy atom. The van der Waals surface area contributed by atoms with Crippen LogP contribution in [-0.4, -0.2) is 57.6 Å². The number of nitrogens with zero attached hydrogens (tertiary/aromatic N) is 5. The summed E-state index contributed by atoms with van der Waals surface area (Å²) in [6, 6.07) is 12.6. The minimum absolute atomic E-state index is 0.135. The highest BCUT2D eigenvalue weighted by molar-refractivity contribution is 7.89. The van der Waals surface area contributed by atoms with Crippen LogP contribution < -0.4 is 4.74 Å². The molecule has 2 aromatic heterocycles. The van der Waals surface area contributed by atoms with Gasteiger partial charge in [0.15, 0.2) is 0 Å². The third-order valence-corrected chi connectivity index (χ3v) is 7.75. The van der Waals surface area contributed by atoms with Gasteiger partial charge in [0.05, 0.1) is 12.2 Å². The van der Waals surface area contributed by atoms with Gasteiger partial charge in [-0.05, 0) is 24.6 Å². The summed E-state index contributed by atoms with van der Waals surface area (Å²) in [7, 11) is -3.77. The van der Waals surface area contributed by atoms with Crippen LogP contribution in [0.25, 0.3) is 0 Å². The molecule has 3 aromatic rings. The maximum absolute atomic E-state index is 13.7. The number of benzene rings is 1. The van der Waals surface area contributed by atoms with Crippen LogP contribution in [-0.2, 0) is 29.7 Å². The molecule has 0 radical (unpaired) electrons. The molecule has 9 heteroatoms. The molecular weight excluding hydrogens is 414 g/mol. The number of hydrogen-bond donors (Lipinski definition) is 0. The standard InChI is InChI=1S/C22H25N5O3S/c1-2-26-13-18(11-24-26)12-25-15-19-20(16-25)30-22-21(9-6-10-23-22)31(28,29)27(19)14-17-7-4-3-5-8-17/h3-11,13,19-20H,2,12,14-16H2,1H3/t19-,20+/m0/s1. The average molecular weight is 440 g/mol. The Morgan fingerprint density at radius 1 is 1.06 bits per heavy atom. The number of hydrogen-bond acceptors (Lipinski definition) is 6. The number of ether oxygens (including phenoxy) is 1. The van der Waals surface area contributed by atoms with E-state index in [0.717, 1.165) is 17.7 Å². The van der Waals surface area contributed by atoms with Gasteiger partial charge in [-0.2, -0.15) is 9.40 Å². The molecule has 5 rings (SSSR count). The summed E-state index contributed by atoms with van der Waals surface area (Å²) in [5.74, 6) is 0.189. The van der Waals surface area contributed by atoms with E-state index in [2.05, 4.69) is 21.9 Å². The van der Waals surface area contributed by atoms with Gasteiger partial charge >= 0.3 is 0 Å². The molecule has 0 bridgehead atoms. The van der Waals surface area contributed by atoms with Crippen molar-refractivity contribution in [3.05, 3.63) is 72.2 Å². The SMILES string of the molecule is CCn1cc(CN2C[C@H]3Oc4ncccc4S(=O)(=O)N(Cc4ccccc4)[C@H]3C2)cn1. The molecule has 1 aromatic carbocycles. The fourth-order valence-corrected chi connectivity index (χ4v) is 6.05. The van der Waals surface area contributed by atoms with E-state index >= 15 is 0 Å². The van der Waals surface area contributed by atoms with Crippen LogP contribution in [0.5, 0.6) is 5.88 Å². The van der Waals surface area contributed by atoms with Crippen LogP contribution >= 0.6 is 0 Å². The molecular formula is C22H25N5O3S. The van der Waals surface area contributed by atoms with Gasteiger partial charge in [0.2, 0.25) is 15.9 Å². The highest BCUT2D eigenvalue weighted by atomic mass is 32.2. The van der Waals surface area contributed by atoms with E-state index in [1.54, 1.807) is 22.6 Å². The van der Waals surface area contributed by atoms with Crippen molar-refractivity contribution < 1.29 is 13.2 Å². The fourth-order valence-electron chi connectivity index (χ4n) is 4.35. The highest BCUT2D eigenvalue weighted by Gasteiger charge is 2.47. The first-order valence-electron chi connectivity index (χ1n) is 10.5. The zero-order chi connectivity index (χ0) is 21.4. The lowest BCUT2D eigenvalue weighted by Gasteiger charge is -2.28. The van der Waals surface area contributed by atoms with Crippen molar-refractivity contribution >= 4 is 10.0 Å². The largest absolute Gasteiger partial charge is 0.470 e. The summed E-state index contributed by atoms with van der Waals surface area (Å²) >= 11 is 0. The van der Waals surface area contributed by atoms with Crippen LogP contribution in [0.15, 0.2) is 66.0 Å². The molecule has 8 nitrogen and oxygen atoms in total. The summed E-state index contributed by atoms with van der Waals surface area (Å²) in [6.07, 6.45) is 5.18. The second-order valence-corrected chi connectivity index (χ2v) is 9.82. The average Bonchev–Trinajstić information content (AvgIpc) is 3.38. The molecule has 0 amide bonds. The molecule has 0 spiro atoms. The van der Waals surface area contributed by atoms with Crippen LogP contribution in [0.3, 0.4) is 0 Å². The van der Waals surface area contributed by atoms with E-state index in [-0.39, 0.29) is 22.9 Å². The third-order valence-electron chi connectivity index (χ3n) is 5.87. The molecule has 4 heterocycles. The molecule has 0 saturated carbocycles. The molecule has 0 N–H and O–H groups in total.